The van der Waals surface area contributed by atoms with Crippen LogP contribution in [0, 0.1) is 13.8 Å². The molecule has 3 rings (SSSR count). The van der Waals surface area contributed by atoms with E-state index in [9.17, 15) is 5.11 Å². The van der Waals surface area contributed by atoms with E-state index in [2.05, 4.69) is 51.5 Å². The first kappa shape index (κ1) is 26.7. The van der Waals surface area contributed by atoms with Gasteiger partial charge in [-0.15, -0.1) is 0 Å². The van der Waals surface area contributed by atoms with Crippen molar-refractivity contribution >= 4 is 5.84 Å². The highest BCUT2D eigenvalue weighted by Gasteiger charge is 2.12. The molecule has 7 nitrogen and oxygen atoms in total. The van der Waals surface area contributed by atoms with Gasteiger partial charge in [0.15, 0.2) is 0 Å². The van der Waals surface area contributed by atoms with Gasteiger partial charge in [-0.1, -0.05) is 37.3 Å². The lowest BCUT2D eigenvalue weighted by Gasteiger charge is -2.27. The molecular formula is C28H41N5O2. The second-order valence-electron chi connectivity index (χ2n) is 9.22. The molecule has 1 aliphatic rings. The number of hydrogen-bond donors (Lipinski definition) is 4. The number of phenolic OH excluding ortho intramolecular Hbond substituents is 1. The average molecular weight is 480 g/mol. The molecule has 0 saturated heterocycles. The zero-order chi connectivity index (χ0) is 25.0. The predicted octanol–water partition coefficient (Wildman–Crippen LogP) is 3.57. The topological polar surface area (TPSA) is 95.1 Å². The molecule has 0 fully saturated rings. The molecule has 35 heavy (non-hydrogen) atoms. The van der Waals surface area contributed by atoms with Crippen molar-refractivity contribution in [3.63, 3.8) is 0 Å². The minimum atomic E-state index is 0.316. The van der Waals surface area contributed by atoms with Gasteiger partial charge in [0.2, 0.25) is 0 Å². The van der Waals surface area contributed by atoms with E-state index in [-0.39, 0.29) is 0 Å². The van der Waals surface area contributed by atoms with Crippen LogP contribution in [-0.2, 0) is 17.7 Å². The molecule has 0 atom stereocenters. The van der Waals surface area contributed by atoms with Gasteiger partial charge in [-0.25, -0.2) is 0 Å². The summed E-state index contributed by atoms with van der Waals surface area (Å²) in [6.07, 6.45) is 4.06. The number of ether oxygens (including phenoxy) is 1. The quantitative estimate of drug-likeness (QED) is 0.177. The summed E-state index contributed by atoms with van der Waals surface area (Å²) in [7, 11) is 0. The minimum Gasteiger partial charge on any atom is -0.508 e. The molecular weight excluding hydrogens is 438 g/mol. The van der Waals surface area contributed by atoms with Crippen molar-refractivity contribution in [1.29, 1.82) is 0 Å². The molecule has 1 heterocycles. The molecule has 2 aromatic carbocycles. The van der Waals surface area contributed by atoms with E-state index in [1.54, 1.807) is 0 Å². The summed E-state index contributed by atoms with van der Waals surface area (Å²) in [5, 5.41) is 13.1. The number of benzene rings is 2. The number of hydrogen-bond acceptors (Lipinski definition) is 7. The summed E-state index contributed by atoms with van der Waals surface area (Å²) in [4.78, 5) is 6.83. The van der Waals surface area contributed by atoms with Crippen LogP contribution in [0.4, 0.5) is 0 Å². The fourth-order valence-corrected chi connectivity index (χ4v) is 4.46. The van der Waals surface area contributed by atoms with E-state index in [1.165, 1.54) is 11.1 Å². The number of aromatic hydroxyl groups is 1. The number of phenols is 1. The third-order valence-corrected chi connectivity index (χ3v) is 6.42. The average Bonchev–Trinajstić information content (AvgIpc) is 3.37. The van der Waals surface area contributed by atoms with Crippen molar-refractivity contribution in [3.05, 3.63) is 76.5 Å². The van der Waals surface area contributed by atoms with Crippen molar-refractivity contribution in [2.24, 2.45) is 10.8 Å². The Balaban J connectivity index is 1.54. The number of nitrogens with one attached hydrogen (secondary N) is 2. The molecule has 0 aromatic heterocycles. The van der Waals surface area contributed by atoms with Crippen molar-refractivity contribution in [2.45, 2.75) is 46.1 Å². The number of hydrazine groups is 1. The van der Waals surface area contributed by atoms with Gasteiger partial charge >= 0.3 is 0 Å². The Morgan fingerprint density at radius 2 is 1.91 bits per heavy atom. The predicted molar refractivity (Wildman–Crippen MR) is 144 cm³/mol. The third-order valence-electron chi connectivity index (χ3n) is 6.42. The number of amidine groups is 1. The van der Waals surface area contributed by atoms with Gasteiger partial charge in [-0.2, -0.15) is 0 Å². The number of nitrogens with zero attached hydrogens (tertiary/aromatic N) is 2. The Labute approximate surface area is 210 Å². The van der Waals surface area contributed by atoms with Crippen LogP contribution in [0.25, 0.3) is 0 Å². The smallest absolute Gasteiger partial charge is 0.128 e. The largest absolute Gasteiger partial charge is 0.508 e. The summed E-state index contributed by atoms with van der Waals surface area (Å²) >= 11 is 0. The normalized spacial score (nSPS) is 12.9. The molecule has 0 radical (unpaired) electrons. The molecule has 2 aromatic rings. The first-order valence-corrected chi connectivity index (χ1v) is 12.6. The summed E-state index contributed by atoms with van der Waals surface area (Å²) in [5.41, 5.74) is 9.53. The molecule has 0 aliphatic carbocycles. The van der Waals surface area contributed by atoms with Crippen LogP contribution in [0.5, 0.6) is 5.75 Å². The maximum Gasteiger partial charge on any atom is 0.128 e. The molecule has 0 spiro atoms. The van der Waals surface area contributed by atoms with Crippen LogP contribution in [0.1, 0.15) is 47.1 Å². The maximum atomic E-state index is 9.77. The van der Waals surface area contributed by atoms with E-state index in [1.807, 2.05) is 26.0 Å². The summed E-state index contributed by atoms with van der Waals surface area (Å²) in [5.74, 6) is 6.70. The van der Waals surface area contributed by atoms with Crippen LogP contribution in [0.2, 0.25) is 0 Å². The maximum absolute atomic E-state index is 9.77. The lowest BCUT2D eigenvalue weighted by atomic mass is 10.00. The summed E-state index contributed by atoms with van der Waals surface area (Å²) < 4.78 is 6.04. The third kappa shape index (κ3) is 8.38. The van der Waals surface area contributed by atoms with E-state index in [4.69, 9.17) is 10.6 Å². The fraction of sp³-hybridized carbons (Fsp3) is 0.464. The van der Waals surface area contributed by atoms with Crippen LogP contribution in [-0.4, -0.2) is 55.2 Å². The highest BCUT2D eigenvalue weighted by molar-refractivity contribution is 5.99. The number of nitrogens with two attached hydrogens (primary N) is 1. The molecule has 0 bridgehead atoms. The number of aryl methyl sites for hydroxylation is 2. The van der Waals surface area contributed by atoms with Crippen LogP contribution in [0.15, 0.2) is 53.7 Å². The second-order valence-corrected chi connectivity index (χ2v) is 9.22. The van der Waals surface area contributed by atoms with Gasteiger partial charge < -0.3 is 20.1 Å². The van der Waals surface area contributed by atoms with Crippen molar-refractivity contribution in [3.8, 4) is 5.75 Å². The van der Waals surface area contributed by atoms with E-state index >= 15 is 0 Å². The van der Waals surface area contributed by atoms with E-state index in [0.717, 1.165) is 86.6 Å². The van der Waals surface area contributed by atoms with Crippen molar-refractivity contribution in [1.82, 2.24) is 15.6 Å². The molecule has 1 aliphatic heterocycles. The van der Waals surface area contributed by atoms with Crippen LogP contribution in [0.3, 0.4) is 0 Å². The highest BCUT2D eigenvalue weighted by Crippen LogP contribution is 2.21. The van der Waals surface area contributed by atoms with Gasteiger partial charge in [-0.05, 0) is 67.5 Å². The lowest BCUT2D eigenvalue weighted by Crippen LogP contribution is -2.27. The standard InChI is InChI=1S/C28H41N5O2/c1-21-17-26(34)18-22(2)27(21)11-16-35-20-23(3)33(15-6-4-5-12-32-29)19-24-7-9-25(10-8-24)28-30-13-14-31-28/h7-10,17-18,32,34H,3-6,11-16,19-20,29H2,1-2H3,(H,30,31). The second kappa shape index (κ2) is 13.9. The lowest BCUT2D eigenvalue weighted by molar-refractivity contribution is 0.134. The Hall–Kier alpha value is -2.87. The molecule has 7 heteroatoms. The van der Waals surface area contributed by atoms with Crippen LogP contribution >= 0.6 is 0 Å². The highest BCUT2D eigenvalue weighted by atomic mass is 16.5. The Morgan fingerprint density at radius 3 is 2.57 bits per heavy atom. The fourth-order valence-electron chi connectivity index (χ4n) is 4.46. The van der Waals surface area contributed by atoms with Gasteiger partial charge in [0.05, 0.1) is 19.8 Å². The van der Waals surface area contributed by atoms with Crippen molar-refractivity contribution in [2.75, 3.05) is 39.4 Å². The summed E-state index contributed by atoms with van der Waals surface area (Å²) in [6.45, 7) is 13.8. The minimum absolute atomic E-state index is 0.316. The monoisotopic (exact) mass is 479 g/mol. The zero-order valence-electron chi connectivity index (χ0n) is 21.3. The molecule has 0 amide bonds. The van der Waals surface area contributed by atoms with Gasteiger partial charge in [0, 0.05) is 37.4 Å². The SMILES string of the molecule is C=C(COCCc1c(C)cc(O)cc1C)N(CCCCCNN)Cc1ccc(C2=NCCN2)cc1. The Bertz CT molecular complexity index is 964. The number of rotatable bonds is 15. The van der Waals surface area contributed by atoms with Gasteiger partial charge in [0.1, 0.15) is 11.6 Å². The molecule has 0 unspecified atom stereocenters. The summed E-state index contributed by atoms with van der Waals surface area (Å²) in [6, 6.07) is 12.2. The molecule has 190 valence electrons. The van der Waals surface area contributed by atoms with Gasteiger partial charge in [-0.3, -0.25) is 16.3 Å². The van der Waals surface area contributed by atoms with Crippen LogP contribution < -0.4 is 16.6 Å². The first-order chi connectivity index (χ1) is 17.0. The van der Waals surface area contributed by atoms with Gasteiger partial charge in [0.25, 0.3) is 0 Å². The van der Waals surface area contributed by atoms with E-state index in [0.29, 0.717) is 19.0 Å². The Kier molecular flexibility index (Phi) is 10.6. The number of unbranched alkanes of at least 4 members (excludes halogenated alkanes) is 2. The zero-order valence-corrected chi connectivity index (χ0v) is 21.3. The Morgan fingerprint density at radius 1 is 1.17 bits per heavy atom. The van der Waals surface area contributed by atoms with Crippen molar-refractivity contribution < 1.29 is 9.84 Å². The van der Waals surface area contributed by atoms with E-state index < -0.39 is 0 Å². The molecule has 5 N–H and O–H groups in total. The molecule has 0 saturated carbocycles. The first-order valence-electron chi connectivity index (χ1n) is 12.6. The number of aliphatic imine (C=N–C) groups is 1.